The quantitative estimate of drug-likeness (QED) is 0.417. The Morgan fingerprint density at radius 2 is 1.94 bits per heavy atom. The number of benzene rings is 2. The fraction of sp³-hybridized carbons (Fsp3) is 0.0500. The summed E-state index contributed by atoms with van der Waals surface area (Å²) < 4.78 is 6.64. The first-order valence-corrected chi connectivity index (χ1v) is 9.72. The Balaban J connectivity index is 1.74. The van der Waals surface area contributed by atoms with Crippen molar-refractivity contribution in [3.05, 3.63) is 78.7 Å². The lowest BCUT2D eigenvalue weighted by molar-refractivity contribution is 0.0965. The second-order valence-electron chi connectivity index (χ2n) is 6.46. The van der Waals surface area contributed by atoms with E-state index >= 15 is 0 Å². The summed E-state index contributed by atoms with van der Waals surface area (Å²) in [4.78, 5) is 40.7. The Labute approximate surface area is 189 Å². The van der Waals surface area contributed by atoms with E-state index in [1.54, 1.807) is 30.5 Å². The number of hydrogen-bond acceptors (Lipinski definition) is 6. The van der Waals surface area contributed by atoms with Crippen molar-refractivity contribution in [1.29, 1.82) is 5.26 Å². The van der Waals surface area contributed by atoms with Crippen molar-refractivity contribution >= 4 is 40.0 Å². The summed E-state index contributed by atoms with van der Waals surface area (Å²) in [6, 6.07) is 9.36. The van der Waals surface area contributed by atoms with Crippen molar-refractivity contribution < 1.29 is 9.53 Å². The van der Waals surface area contributed by atoms with Gasteiger partial charge in [0.2, 0.25) is 5.69 Å². The molecule has 160 valence electrons. The SMILES string of the molecule is CNC(=O)c1c[nH]c2ccc(Oc3c(Cl)cc(-n4nc(C#N)c(=O)[nH]c4=O)cc3Cl)cc12. The second-order valence-corrected chi connectivity index (χ2v) is 7.28. The van der Waals surface area contributed by atoms with Crippen molar-refractivity contribution in [2.24, 2.45) is 0 Å². The van der Waals surface area contributed by atoms with Crippen molar-refractivity contribution in [2.45, 2.75) is 0 Å². The lowest BCUT2D eigenvalue weighted by Crippen LogP contribution is -2.33. The van der Waals surface area contributed by atoms with Gasteiger partial charge in [0.05, 0.1) is 21.3 Å². The molecular weight excluding hydrogens is 459 g/mol. The maximum atomic E-state index is 12.1. The predicted molar refractivity (Wildman–Crippen MR) is 117 cm³/mol. The van der Waals surface area contributed by atoms with Crippen LogP contribution in [-0.4, -0.2) is 32.7 Å². The third kappa shape index (κ3) is 3.71. The topological polar surface area (TPSA) is 146 Å². The van der Waals surface area contributed by atoms with Crippen molar-refractivity contribution in [1.82, 2.24) is 25.1 Å². The summed E-state index contributed by atoms with van der Waals surface area (Å²) in [6.45, 7) is 0. The van der Waals surface area contributed by atoms with Gasteiger partial charge in [-0.25, -0.2) is 4.79 Å². The molecule has 0 atom stereocenters. The van der Waals surface area contributed by atoms with E-state index in [0.717, 1.165) is 10.2 Å². The number of ether oxygens (including phenoxy) is 1. The molecule has 4 rings (SSSR count). The van der Waals surface area contributed by atoms with Crippen LogP contribution in [0.2, 0.25) is 10.0 Å². The van der Waals surface area contributed by atoms with Crippen LogP contribution in [0.3, 0.4) is 0 Å². The molecule has 2 heterocycles. The highest BCUT2D eigenvalue weighted by molar-refractivity contribution is 6.37. The van der Waals surface area contributed by atoms with Gasteiger partial charge >= 0.3 is 5.69 Å². The molecule has 0 aliphatic carbocycles. The summed E-state index contributed by atoms with van der Waals surface area (Å²) in [5, 5.41) is 16.0. The molecule has 3 N–H and O–H groups in total. The molecule has 0 unspecified atom stereocenters. The zero-order valence-corrected chi connectivity index (χ0v) is 17.7. The number of carbonyl (C=O) groups is 1. The van der Waals surface area contributed by atoms with E-state index in [4.69, 9.17) is 33.2 Å². The van der Waals surface area contributed by atoms with Crippen LogP contribution in [0.4, 0.5) is 0 Å². The monoisotopic (exact) mass is 470 g/mol. The van der Waals surface area contributed by atoms with E-state index in [1.165, 1.54) is 19.2 Å². The lowest BCUT2D eigenvalue weighted by atomic mass is 10.1. The van der Waals surface area contributed by atoms with Gasteiger partial charge in [0.1, 0.15) is 11.8 Å². The van der Waals surface area contributed by atoms with Crippen LogP contribution in [0.5, 0.6) is 11.5 Å². The summed E-state index contributed by atoms with van der Waals surface area (Å²) in [7, 11) is 1.53. The molecule has 1 amide bonds. The minimum absolute atomic E-state index is 0.0478. The Morgan fingerprint density at radius 1 is 1.22 bits per heavy atom. The molecule has 0 saturated heterocycles. The molecule has 0 aliphatic rings. The molecule has 0 spiro atoms. The number of nitrogens with one attached hydrogen (secondary N) is 3. The standard InChI is InChI=1S/C20H12Cl2N6O4/c1-24-18(29)12-8-25-15-3-2-10(6-11(12)15)32-17-13(21)4-9(5-14(17)22)28-20(31)26-19(30)16(7-23)27-28/h2-6,8,25H,1H3,(H,24,29)(H,26,30,31). The van der Waals surface area contributed by atoms with Crippen LogP contribution < -0.4 is 21.3 Å². The van der Waals surface area contributed by atoms with Crippen LogP contribution in [0.15, 0.2) is 46.1 Å². The van der Waals surface area contributed by atoms with Gasteiger partial charge in [-0.2, -0.15) is 9.94 Å². The number of nitrogens with zero attached hydrogens (tertiary/aromatic N) is 3. The van der Waals surface area contributed by atoms with Gasteiger partial charge < -0.3 is 15.0 Å². The van der Waals surface area contributed by atoms with E-state index in [9.17, 15) is 14.4 Å². The molecule has 0 aliphatic heterocycles. The average molecular weight is 471 g/mol. The van der Waals surface area contributed by atoms with Gasteiger partial charge in [-0.3, -0.25) is 14.6 Å². The summed E-state index contributed by atoms with van der Waals surface area (Å²) >= 11 is 12.7. The van der Waals surface area contributed by atoms with Crippen molar-refractivity contribution in [2.75, 3.05) is 7.05 Å². The van der Waals surface area contributed by atoms with Crippen LogP contribution in [0, 0.1) is 11.3 Å². The third-order valence-electron chi connectivity index (χ3n) is 4.51. The van der Waals surface area contributed by atoms with E-state index in [1.807, 2.05) is 4.98 Å². The van der Waals surface area contributed by atoms with Gasteiger partial charge in [0, 0.05) is 24.1 Å². The average Bonchev–Trinajstić information content (AvgIpc) is 3.19. The van der Waals surface area contributed by atoms with Crippen molar-refractivity contribution in [3.8, 4) is 23.3 Å². The first kappa shape index (κ1) is 21.2. The van der Waals surface area contributed by atoms with E-state index in [-0.39, 0.29) is 27.4 Å². The summed E-state index contributed by atoms with van der Waals surface area (Å²) in [5.74, 6) is 0.209. The number of aromatic nitrogens is 4. The highest BCUT2D eigenvalue weighted by Crippen LogP contribution is 2.38. The van der Waals surface area contributed by atoms with Gasteiger partial charge in [-0.1, -0.05) is 23.2 Å². The van der Waals surface area contributed by atoms with Gasteiger partial charge in [-0.05, 0) is 30.3 Å². The van der Waals surface area contributed by atoms with Gasteiger partial charge in [0.15, 0.2) is 5.75 Å². The first-order valence-electron chi connectivity index (χ1n) is 8.96. The number of halogens is 2. The Morgan fingerprint density at radius 3 is 2.59 bits per heavy atom. The Hall–Kier alpha value is -4.07. The number of hydrogen-bond donors (Lipinski definition) is 3. The molecule has 2 aromatic heterocycles. The normalized spacial score (nSPS) is 10.7. The highest BCUT2D eigenvalue weighted by atomic mass is 35.5. The molecule has 10 nitrogen and oxygen atoms in total. The number of H-pyrrole nitrogens is 2. The van der Waals surface area contributed by atoms with E-state index < -0.39 is 16.9 Å². The highest BCUT2D eigenvalue weighted by Gasteiger charge is 2.16. The number of carbonyl (C=O) groups excluding carboxylic acids is 1. The second kappa shape index (κ2) is 8.22. The lowest BCUT2D eigenvalue weighted by Gasteiger charge is -2.12. The smallest absolute Gasteiger partial charge is 0.349 e. The summed E-state index contributed by atoms with van der Waals surface area (Å²) in [6.07, 6.45) is 1.59. The maximum absolute atomic E-state index is 12.1. The number of amides is 1. The largest absolute Gasteiger partial charge is 0.454 e. The maximum Gasteiger partial charge on any atom is 0.349 e. The number of aromatic amines is 2. The fourth-order valence-corrected chi connectivity index (χ4v) is 3.57. The third-order valence-corrected chi connectivity index (χ3v) is 5.07. The zero-order valence-electron chi connectivity index (χ0n) is 16.2. The summed E-state index contributed by atoms with van der Waals surface area (Å²) in [5.41, 5.74) is -0.966. The predicted octanol–water partition coefficient (Wildman–Crippen LogP) is 2.73. The molecule has 0 bridgehead atoms. The Kier molecular flexibility index (Phi) is 5.44. The number of nitriles is 1. The van der Waals surface area contributed by atoms with Crippen LogP contribution in [-0.2, 0) is 0 Å². The van der Waals surface area contributed by atoms with Gasteiger partial charge in [0.25, 0.3) is 11.5 Å². The number of rotatable bonds is 4. The zero-order chi connectivity index (χ0) is 23.0. The molecule has 0 saturated carbocycles. The minimum atomic E-state index is -0.901. The van der Waals surface area contributed by atoms with Crippen LogP contribution >= 0.6 is 23.2 Å². The molecule has 2 aromatic carbocycles. The van der Waals surface area contributed by atoms with Crippen LogP contribution in [0.25, 0.3) is 16.6 Å². The first-order chi connectivity index (χ1) is 15.3. The molecule has 0 fully saturated rings. The van der Waals surface area contributed by atoms with Crippen molar-refractivity contribution in [3.63, 3.8) is 0 Å². The molecule has 32 heavy (non-hydrogen) atoms. The molecule has 0 radical (unpaired) electrons. The number of fused-ring (bicyclic) bond motifs is 1. The Bertz CT molecular complexity index is 1520. The van der Waals surface area contributed by atoms with E-state index in [2.05, 4.69) is 15.4 Å². The fourth-order valence-electron chi connectivity index (χ4n) is 3.02. The molecular formula is C20H12Cl2N6O4. The van der Waals surface area contributed by atoms with E-state index in [0.29, 0.717) is 16.7 Å². The molecule has 12 heteroatoms. The van der Waals surface area contributed by atoms with Crippen LogP contribution in [0.1, 0.15) is 16.1 Å². The molecule has 4 aromatic rings. The van der Waals surface area contributed by atoms with Gasteiger partial charge in [-0.15, -0.1) is 5.10 Å². The minimum Gasteiger partial charge on any atom is -0.454 e.